The van der Waals surface area contributed by atoms with E-state index in [2.05, 4.69) is 5.32 Å². The first-order chi connectivity index (χ1) is 13.5. The smallest absolute Gasteiger partial charge is 0.257 e. The summed E-state index contributed by atoms with van der Waals surface area (Å²) in [5, 5.41) is 2.83. The molecule has 1 aromatic heterocycles. The van der Waals surface area contributed by atoms with E-state index in [1.807, 2.05) is 0 Å². The Hall–Kier alpha value is -2.61. The highest BCUT2D eigenvalue weighted by atomic mass is 32.2. The summed E-state index contributed by atoms with van der Waals surface area (Å²) in [6.07, 6.45) is 4.46. The van der Waals surface area contributed by atoms with Crippen molar-refractivity contribution in [2.75, 3.05) is 25.4 Å². The van der Waals surface area contributed by atoms with Crippen molar-refractivity contribution in [1.82, 2.24) is 10.2 Å². The largest absolute Gasteiger partial charge is 0.472 e. The molecule has 1 fully saturated rings. The Bertz CT molecular complexity index is 886. The van der Waals surface area contributed by atoms with Gasteiger partial charge >= 0.3 is 0 Å². The molecule has 0 atom stereocenters. The maximum absolute atomic E-state index is 12.3. The first kappa shape index (κ1) is 20.1. The number of piperidine rings is 1. The van der Waals surface area contributed by atoms with E-state index in [0.29, 0.717) is 25.2 Å². The summed E-state index contributed by atoms with van der Waals surface area (Å²) in [5.41, 5.74) is 0.548. The number of hydrogen-bond acceptors (Lipinski definition) is 5. The van der Waals surface area contributed by atoms with Crippen LogP contribution in [0.25, 0.3) is 0 Å². The molecule has 1 aromatic carbocycles. The van der Waals surface area contributed by atoms with E-state index in [1.54, 1.807) is 29.2 Å². The highest BCUT2D eigenvalue weighted by Gasteiger charge is 2.24. The van der Waals surface area contributed by atoms with E-state index >= 15 is 0 Å². The Kier molecular flexibility index (Phi) is 6.51. The van der Waals surface area contributed by atoms with Crippen molar-refractivity contribution in [3.8, 4) is 0 Å². The second-order valence-corrected chi connectivity index (χ2v) is 9.04. The summed E-state index contributed by atoms with van der Waals surface area (Å²) in [6.45, 7) is 1.76. The van der Waals surface area contributed by atoms with Crippen LogP contribution in [0.1, 0.15) is 29.6 Å². The average molecular weight is 404 g/mol. The zero-order chi connectivity index (χ0) is 20.0. The molecule has 7 nitrogen and oxygen atoms in total. The van der Waals surface area contributed by atoms with Crippen molar-refractivity contribution in [2.24, 2.45) is 5.92 Å². The summed E-state index contributed by atoms with van der Waals surface area (Å²) < 4.78 is 29.4. The van der Waals surface area contributed by atoms with Crippen LogP contribution in [0.5, 0.6) is 0 Å². The van der Waals surface area contributed by atoms with Gasteiger partial charge in [0.05, 0.1) is 22.5 Å². The lowest BCUT2D eigenvalue weighted by Crippen LogP contribution is -2.41. The molecular formula is C20H24N2O5S. The molecule has 1 aliphatic rings. The molecule has 28 heavy (non-hydrogen) atoms. The predicted octanol–water partition coefficient (Wildman–Crippen LogP) is 2.11. The lowest BCUT2D eigenvalue weighted by molar-refractivity contribution is -0.120. The molecular weight excluding hydrogens is 380 g/mol. The third kappa shape index (κ3) is 5.22. The molecule has 150 valence electrons. The Morgan fingerprint density at radius 1 is 1.11 bits per heavy atom. The van der Waals surface area contributed by atoms with Gasteiger partial charge < -0.3 is 14.6 Å². The molecule has 0 radical (unpaired) electrons. The van der Waals surface area contributed by atoms with E-state index in [1.165, 1.54) is 24.7 Å². The number of benzene rings is 1. The van der Waals surface area contributed by atoms with Crippen LogP contribution in [0.4, 0.5) is 0 Å². The van der Waals surface area contributed by atoms with Gasteiger partial charge in [-0.15, -0.1) is 0 Å². The maximum atomic E-state index is 12.3. The summed E-state index contributed by atoms with van der Waals surface area (Å²) in [5.74, 6) is -0.234. The molecule has 0 aliphatic carbocycles. The normalized spacial score (nSPS) is 15.4. The van der Waals surface area contributed by atoms with Crippen LogP contribution in [-0.2, 0) is 14.6 Å². The minimum atomic E-state index is -3.45. The Labute approximate surface area is 164 Å². The second-order valence-electron chi connectivity index (χ2n) is 6.93. The van der Waals surface area contributed by atoms with Crippen molar-refractivity contribution in [1.29, 1.82) is 0 Å². The quantitative estimate of drug-likeness (QED) is 0.762. The first-order valence-electron chi connectivity index (χ1n) is 9.32. The van der Waals surface area contributed by atoms with Crippen LogP contribution < -0.4 is 5.32 Å². The van der Waals surface area contributed by atoms with Gasteiger partial charge in [0.2, 0.25) is 5.91 Å². The average Bonchev–Trinajstić information content (AvgIpc) is 3.26. The van der Waals surface area contributed by atoms with Crippen LogP contribution in [-0.4, -0.2) is 50.5 Å². The summed E-state index contributed by atoms with van der Waals surface area (Å²) >= 11 is 0. The zero-order valence-corrected chi connectivity index (χ0v) is 16.4. The summed E-state index contributed by atoms with van der Waals surface area (Å²) in [7, 11) is -3.45. The van der Waals surface area contributed by atoms with Crippen molar-refractivity contribution >= 4 is 21.7 Å². The van der Waals surface area contributed by atoms with E-state index in [-0.39, 0.29) is 34.8 Å². The molecule has 0 spiro atoms. The van der Waals surface area contributed by atoms with Gasteiger partial charge in [0.1, 0.15) is 6.26 Å². The Balaban J connectivity index is 1.38. The van der Waals surface area contributed by atoms with E-state index in [0.717, 1.165) is 12.8 Å². The third-order valence-corrected chi connectivity index (χ3v) is 6.69. The number of carbonyl (C=O) groups is 2. The molecule has 0 saturated carbocycles. The highest BCUT2D eigenvalue weighted by molar-refractivity contribution is 7.91. The lowest BCUT2D eigenvalue weighted by atomic mass is 9.96. The zero-order valence-electron chi connectivity index (χ0n) is 15.5. The fourth-order valence-corrected chi connectivity index (χ4v) is 4.49. The number of rotatable bonds is 7. The van der Waals surface area contributed by atoms with Crippen LogP contribution in [0, 0.1) is 5.92 Å². The van der Waals surface area contributed by atoms with Gasteiger partial charge in [-0.05, 0) is 37.0 Å². The number of amides is 2. The molecule has 1 aliphatic heterocycles. The van der Waals surface area contributed by atoms with Gasteiger partial charge in [0.25, 0.3) is 5.91 Å². The Morgan fingerprint density at radius 3 is 2.46 bits per heavy atom. The van der Waals surface area contributed by atoms with Gasteiger partial charge in [-0.2, -0.15) is 0 Å². The molecule has 1 saturated heterocycles. The van der Waals surface area contributed by atoms with Gasteiger partial charge in [0, 0.05) is 26.1 Å². The van der Waals surface area contributed by atoms with Gasteiger partial charge in [-0.25, -0.2) is 8.42 Å². The molecule has 0 bridgehead atoms. The number of nitrogens with one attached hydrogen (secondary N) is 1. The summed E-state index contributed by atoms with van der Waals surface area (Å²) in [6, 6.07) is 9.79. The number of nitrogens with zero attached hydrogens (tertiary/aromatic N) is 1. The number of furan rings is 1. The van der Waals surface area contributed by atoms with E-state index < -0.39 is 9.84 Å². The minimum absolute atomic E-state index is 0.0395. The van der Waals surface area contributed by atoms with Gasteiger partial charge in [-0.3, -0.25) is 9.59 Å². The monoisotopic (exact) mass is 404 g/mol. The van der Waals surface area contributed by atoms with Crippen molar-refractivity contribution < 1.29 is 22.4 Å². The lowest BCUT2D eigenvalue weighted by Gasteiger charge is -2.31. The third-order valence-electron chi connectivity index (χ3n) is 4.96. The van der Waals surface area contributed by atoms with Crippen LogP contribution in [0.3, 0.4) is 0 Å². The highest BCUT2D eigenvalue weighted by Crippen LogP contribution is 2.19. The SMILES string of the molecule is O=C(CCS(=O)(=O)c1ccccc1)NCC1CCN(C(=O)c2ccoc2)CC1. The van der Waals surface area contributed by atoms with Gasteiger partial charge in [0.15, 0.2) is 9.84 Å². The van der Waals surface area contributed by atoms with Crippen molar-refractivity contribution in [3.63, 3.8) is 0 Å². The van der Waals surface area contributed by atoms with Crippen LogP contribution in [0.2, 0.25) is 0 Å². The maximum Gasteiger partial charge on any atom is 0.257 e. The number of carbonyl (C=O) groups excluding carboxylic acids is 2. The number of sulfone groups is 1. The van der Waals surface area contributed by atoms with Crippen molar-refractivity contribution in [3.05, 3.63) is 54.5 Å². The number of hydrogen-bond donors (Lipinski definition) is 1. The molecule has 3 rings (SSSR count). The number of likely N-dealkylation sites (tertiary alicyclic amines) is 1. The molecule has 2 amide bonds. The van der Waals surface area contributed by atoms with E-state index in [9.17, 15) is 18.0 Å². The molecule has 8 heteroatoms. The standard InChI is InChI=1S/C20H24N2O5S/c23-19(9-13-28(25,26)18-4-2-1-3-5-18)21-14-16-6-10-22(11-7-16)20(24)17-8-12-27-15-17/h1-5,8,12,15-16H,6-7,9-11,13-14H2,(H,21,23). The molecule has 2 heterocycles. The predicted molar refractivity (Wildman–Crippen MR) is 103 cm³/mol. The molecule has 2 aromatic rings. The fraction of sp³-hybridized carbons (Fsp3) is 0.400. The Morgan fingerprint density at radius 2 is 1.82 bits per heavy atom. The topological polar surface area (TPSA) is 96.7 Å². The van der Waals surface area contributed by atoms with E-state index in [4.69, 9.17) is 4.42 Å². The van der Waals surface area contributed by atoms with Crippen LogP contribution in [0.15, 0.2) is 58.2 Å². The molecule has 0 unspecified atom stereocenters. The van der Waals surface area contributed by atoms with Gasteiger partial charge in [-0.1, -0.05) is 18.2 Å². The second kappa shape index (κ2) is 9.05. The first-order valence-corrected chi connectivity index (χ1v) is 11.0. The summed E-state index contributed by atoms with van der Waals surface area (Å²) in [4.78, 5) is 26.3. The van der Waals surface area contributed by atoms with Crippen molar-refractivity contribution in [2.45, 2.75) is 24.2 Å². The minimum Gasteiger partial charge on any atom is -0.472 e. The van der Waals surface area contributed by atoms with Crippen LogP contribution >= 0.6 is 0 Å². The fourth-order valence-electron chi connectivity index (χ4n) is 3.23. The molecule has 1 N–H and O–H groups in total.